The highest BCUT2D eigenvalue weighted by atomic mass is 16.6. The number of carbonyl (C=O) groups is 2. The van der Waals surface area contributed by atoms with E-state index in [1.165, 1.54) is 25.7 Å². The van der Waals surface area contributed by atoms with Crippen molar-refractivity contribution in [3.63, 3.8) is 0 Å². The molecule has 2 aliphatic carbocycles. The van der Waals surface area contributed by atoms with E-state index in [4.69, 9.17) is 9.47 Å². The van der Waals surface area contributed by atoms with E-state index in [2.05, 4.69) is 4.90 Å². The molecule has 2 amide bonds. The fraction of sp³-hybridized carbons (Fsp3) is 0.913. The van der Waals surface area contributed by atoms with E-state index in [9.17, 15) is 9.59 Å². The van der Waals surface area contributed by atoms with E-state index in [1.54, 1.807) is 0 Å². The van der Waals surface area contributed by atoms with Crippen LogP contribution in [0.15, 0.2) is 0 Å². The third-order valence-corrected chi connectivity index (χ3v) is 6.78. The highest BCUT2D eigenvalue weighted by molar-refractivity contribution is 5.68. The zero-order valence-electron chi connectivity index (χ0n) is 19.0. The summed E-state index contributed by atoms with van der Waals surface area (Å²) >= 11 is 0. The summed E-state index contributed by atoms with van der Waals surface area (Å²) < 4.78 is 11.5. The van der Waals surface area contributed by atoms with Gasteiger partial charge in [0.1, 0.15) is 12.2 Å². The molecule has 0 atom stereocenters. The highest BCUT2D eigenvalue weighted by Gasteiger charge is 2.27. The van der Waals surface area contributed by atoms with Crippen LogP contribution in [0.25, 0.3) is 0 Å². The number of nitrogens with zero attached hydrogens (tertiary/aromatic N) is 3. The zero-order valence-corrected chi connectivity index (χ0v) is 19.0. The molecule has 2 saturated carbocycles. The van der Waals surface area contributed by atoms with Crippen LogP contribution in [0.1, 0.15) is 78.1 Å². The molecule has 3 fully saturated rings. The van der Waals surface area contributed by atoms with Gasteiger partial charge in [0.2, 0.25) is 0 Å². The van der Waals surface area contributed by atoms with Gasteiger partial charge in [-0.25, -0.2) is 9.59 Å². The van der Waals surface area contributed by atoms with Crippen LogP contribution >= 0.6 is 0 Å². The third-order valence-electron chi connectivity index (χ3n) is 6.78. The molecule has 1 saturated heterocycles. The van der Waals surface area contributed by atoms with Gasteiger partial charge in [0.25, 0.3) is 0 Å². The Bertz CT molecular complexity index is 537. The second kappa shape index (κ2) is 11.8. The molecule has 7 heteroatoms. The van der Waals surface area contributed by atoms with Gasteiger partial charge in [0.05, 0.1) is 0 Å². The van der Waals surface area contributed by atoms with Crippen molar-refractivity contribution < 1.29 is 19.1 Å². The average Bonchev–Trinajstić information content (AvgIpc) is 2.75. The Hall–Kier alpha value is -1.50. The predicted molar refractivity (Wildman–Crippen MR) is 117 cm³/mol. The number of ether oxygens (including phenoxy) is 2. The van der Waals surface area contributed by atoms with Gasteiger partial charge in [-0.15, -0.1) is 0 Å². The number of hydrogen-bond acceptors (Lipinski definition) is 5. The lowest BCUT2D eigenvalue weighted by molar-refractivity contribution is 0.0266. The summed E-state index contributed by atoms with van der Waals surface area (Å²) in [5, 5.41) is 0. The normalized spacial score (nSPS) is 22.2. The summed E-state index contributed by atoms with van der Waals surface area (Å²) in [4.78, 5) is 31.1. The van der Waals surface area contributed by atoms with Crippen molar-refractivity contribution in [2.45, 2.75) is 96.3 Å². The molecular weight excluding hydrogens is 382 g/mol. The first-order valence-corrected chi connectivity index (χ1v) is 12.2. The van der Waals surface area contributed by atoms with Gasteiger partial charge in [0.15, 0.2) is 0 Å². The van der Waals surface area contributed by atoms with Crippen molar-refractivity contribution in [3.05, 3.63) is 0 Å². The van der Waals surface area contributed by atoms with E-state index < -0.39 is 0 Å². The molecule has 1 aliphatic heterocycles. The zero-order chi connectivity index (χ0) is 21.3. The van der Waals surface area contributed by atoms with Crippen molar-refractivity contribution >= 4 is 12.2 Å². The minimum Gasteiger partial charge on any atom is -0.446 e. The Morgan fingerprint density at radius 2 is 1.37 bits per heavy atom. The summed E-state index contributed by atoms with van der Waals surface area (Å²) in [6.07, 6.45) is 11.0. The maximum atomic E-state index is 12.7. The molecule has 0 bridgehead atoms. The van der Waals surface area contributed by atoms with Gasteiger partial charge in [-0.1, -0.05) is 12.8 Å². The number of hydrogen-bond donors (Lipinski definition) is 0. The first-order valence-electron chi connectivity index (χ1n) is 12.2. The molecule has 1 heterocycles. The number of rotatable bonds is 6. The number of amides is 2. The Balaban J connectivity index is 1.37. The van der Waals surface area contributed by atoms with Crippen molar-refractivity contribution in [1.29, 1.82) is 0 Å². The van der Waals surface area contributed by atoms with Crippen LogP contribution in [0.3, 0.4) is 0 Å². The maximum Gasteiger partial charge on any atom is 0.410 e. The highest BCUT2D eigenvalue weighted by Crippen LogP contribution is 2.22. The van der Waals surface area contributed by atoms with Gasteiger partial charge in [-0.2, -0.15) is 0 Å². The summed E-state index contributed by atoms with van der Waals surface area (Å²) in [7, 11) is 0. The van der Waals surface area contributed by atoms with Crippen LogP contribution < -0.4 is 0 Å². The van der Waals surface area contributed by atoms with Crippen LogP contribution in [0.2, 0.25) is 0 Å². The van der Waals surface area contributed by atoms with E-state index in [1.807, 2.05) is 23.6 Å². The van der Waals surface area contributed by atoms with E-state index >= 15 is 0 Å². The lowest BCUT2D eigenvalue weighted by Crippen LogP contribution is -2.52. The second-order valence-electron chi connectivity index (χ2n) is 9.40. The molecule has 30 heavy (non-hydrogen) atoms. The third kappa shape index (κ3) is 7.03. The minimum atomic E-state index is -0.174. The van der Waals surface area contributed by atoms with Gasteiger partial charge in [-0.05, 0) is 65.2 Å². The minimum absolute atomic E-state index is 0.0891. The Morgan fingerprint density at radius 1 is 0.833 bits per heavy atom. The number of carbonyl (C=O) groups excluding carboxylic acids is 2. The molecule has 0 aromatic rings. The molecule has 7 nitrogen and oxygen atoms in total. The number of piperazine rings is 1. The SMILES string of the molecule is CC(C)N(CCN1CCN(C(=O)OC2CCCCC2)CC1)C(=O)OC1CCCCC1. The predicted octanol–water partition coefficient (Wildman–Crippen LogP) is 4.25. The molecule has 0 aromatic heterocycles. The van der Waals surface area contributed by atoms with E-state index in [-0.39, 0.29) is 30.4 Å². The largest absolute Gasteiger partial charge is 0.446 e. The lowest BCUT2D eigenvalue weighted by Gasteiger charge is -2.37. The van der Waals surface area contributed by atoms with Crippen LogP contribution in [0.4, 0.5) is 9.59 Å². The standard InChI is InChI=1S/C23H41N3O4/c1-19(2)26(23(28)30-21-11-7-4-8-12-21)18-15-24-13-16-25(17-14-24)22(27)29-20-9-5-3-6-10-20/h19-21H,3-18H2,1-2H3. The molecule has 172 valence electrons. The summed E-state index contributed by atoms with van der Waals surface area (Å²) in [6, 6.07) is 0.118. The second-order valence-corrected chi connectivity index (χ2v) is 9.40. The van der Waals surface area contributed by atoms with Gasteiger partial charge < -0.3 is 19.3 Å². The first-order chi connectivity index (χ1) is 14.5. The van der Waals surface area contributed by atoms with Crippen LogP contribution in [-0.2, 0) is 9.47 Å². The quantitative estimate of drug-likeness (QED) is 0.639. The van der Waals surface area contributed by atoms with Crippen LogP contribution in [0.5, 0.6) is 0 Å². The Labute approximate surface area is 182 Å². The average molecular weight is 424 g/mol. The maximum absolute atomic E-state index is 12.7. The van der Waals surface area contributed by atoms with Gasteiger partial charge >= 0.3 is 12.2 Å². The molecule has 0 N–H and O–H groups in total. The van der Waals surface area contributed by atoms with Crippen LogP contribution in [-0.4, -0.2) is 84.4 Å². The molecule has 0 radical (unpaired) electrons. The topological polar surface area (TPSA) is 62.3 Å². The molecule has 0 unspecified atom stereocenters. The van der Waals surface area contributed by atoms with Crippen molar-refractivity contribution in [2.24, 2.45) is 0 Å². The van der Waals surface area contributed by atoms with Crippen molar-refractivity contribution in [2.75, 3.05) is 39.3 Å². The van der Waals surface area contributed by atoms with Gasteiger partial charge in [0, 0.05) is 45.3 Å². The fourth-order valence-electron chi connectivity index (χ4n) is 4.76. The lowest BCUT2D eigenvalue weighted by atomic mass is 9.98. The Morgan fingerprint density at radius 3 is 1.90 bits per heavy atom. The molecule has 3 rings (SSSR count). The Kier molecular flexibility index (Phi) is 9.09. The summed E-state index contributed by atoms with van der Waals surface area (Å²) in [5.41, 5.74) is 0. The monoisotopic (exact) mass is 423 g/mol. The van der Waals surface area contributed by atoms with E-state index in [0.717, 1.165) is 58.2 Å². The molecular formula is C23H41N3O4. The van der Waals surface area contributed by atoms with Crippen LogP contribution in [0, 0.1) is 0 Å². The molecule has 0 aromatic carbocycles. The smallest absolute Gasteiger partial charge is 0.410 e. The van der Waals surface area contributed by atoms with E-state index in [0.29, 0.717) is 19.6 Å². The molecule has 3 aliphatic rings. The van der Waals surface area contributed by atoms with Crippen molar-refractivity contribution in [1.82, 2.24) is 14.7 Å². The molecule has 0 spiro atoms. The fourth-order valence-corrected chi connectivity index (χ4v) is 4.76. The summed E-state index contributed by atoms with van der Waals surface area (Å²) in [5.74, 6) is 0. The van der Waals surface area contributed by atoms with Crippen molar-refractivity contribution in [3.8, 4) is 0 Å². The van der Waals surface area contributed by atoms with Gasteiger partial charge in [-0.3, -0.25) is 4.90 Å². The first kappa shape index (κ1) is 23.2. The summed E-state index contributed by atoms with van der Waals surface area (Å²) in [6.45, 7) is 8.59.